The van der Waals surface area contributed by atoms with Crippen molar-refractivity contribution in [3.05, 3.63) is 35.4 Å². The number of carbonyl (C=O) groups excluding carboxylic acids is 2. The van der Waals surface area contributed by atoms with Crippen LogP contribution in [0.2, 0.25) is 0 Å². The Bertz CT molecular complexity index is 516. The average Bonchev–Trinajstić information content (AvgIpc) is 2.80. The number of rotatable bonds is 3. The molecule has 0 unspecified atom stereocenters. The first-order chi connectivity index (χ1) is 10.1. The molecule has 21 heavy (non-hydrogen) atoms. The maximum atomic E-state index is 12.6. The van der Waals surface area contributed by atoms with Crippen molar-refractivity contribution in [2.75, 3.05) is 13.1 Å². The molecule has 2 bridgehead atoms. The molecule has 1 aromatic rings. The quantitative estimate of drug-likeness (QED) is 0.923. The standard InChI is InChI=1S/C17H22N2O2/c18-16(20)9-12-5-7-15(8-6-12)17(21)19-10-13-1-2-14(11-19)4-3-13/h5-8,13-14H,1-4,9-11H2,(H2,18,20). The largest absolute Gasteiger partial charge is 0.369 e. The summed E-state index contributed by atoms with van der Waals surface area (Å²) in [5, 5.41) is 0. The Morgan fingerprint density at radius 3 is 2.00 bits per heavy atom. The first kappa shape index (κ1) is 14.1. The van der Waals surface area contributed by atoms with Gasteiger partial charge < -0.3 is 10.6 Å². The maximum absolute atomic E-state index is 12.6. The number of fused-ring (bicyclic) bond motifs is 4. The lowest BCUT2D eigenvalue weighted by atomic mass is 9.84. The molecule has 3 aliphatic rings. The summed E-state index contributed by atoms with van der Waals surface area (Å²) in [5.74, 6) is 1.14. The Labute approximate surface area is 125 Å². The molecule has 0 radical (unpaired) electrons. The van der Waals surface area contributed by atoms with Crippen LogP contribution in [-0.4, -0.2) is 29.8 Å². The van der Waals surface area contributed by atoms with Gasteiger partial charge in [0, 0.05) is 18.7 Å². The van der Waals surface area contributed by atoms with Gasteiger partial charge in [-0.3, -0.25) is 9.59 Å². The first-order valence-corrected chi connectivity index (χ1v) is 7.78. The highest BCUT2D eigenvalue weighted by molar-refractivity contribution is 5.94. The predicted octanol–water partition coefficient (Wildman–Crippen LogP) is 1.98. The van der Waals surface area contributed by atoms with Crippen LogP contribution >= 0.6 is 0 Å². The monoisotopic (exact) mass is 286 g/mol. The van der Waals surface area contributed by atoms with E-state index in [-0.39, 0.29) is 18.2 Å². The van der Waals surface area contributed by atoms with Crippen molar-refractivity contribution in [3.63, 3.8) is 0 Å². The van der Waals surface area contributed by atoms with Crippen LogP contribution in [0, 0.1) is 11.8 Å². The van der Waals surface area contributed by atoms with E-state index < -0.39 is 0 Å². The van der Waals surface area contributed by atoms with Crippen molar-refractivity contribution in [3.8, 4) is 0 Å². The van der Waals surface area contributed by atoms with Gasteiger partial charge in [-0.25, -0.2) is 0 Å². The van der Waals surface area contributed by atoms with Gasteiger partial charge in [-0.2, -0.15) is 0 Å². The fourth-order valence-corrected chi connectivity index (χ4v) is 3.61. The van der Waals surface area contributed by atoms with E-state index in [0.717, 1.165) is 18.7 Å². The average molecular weight is 286 g/mol. The van der Waals surface area contributed by atoms with Crippen LogP contribution in [0.1, 0.15) is 41.6 Å². The van der Waals surface area contributed by atoms with Crippen molar-refractivity contribution in [1.29, 1.82) is 0 Å². The lowest BCUT2D eigenvalue weighted by Crippen LogP contribution is -2.34. The normalized spacial score (nSPS) is 24.7. The number of nitrogens with two attached hydrogens (primary N) is 1. The van der Waals surface area contributed by atoms with Crippen molar-refractivity contribution in [2.45, 2.75) is 32.1 Å². The number of hydrogen-bond acceptors (Lipinski definition) is 2. The van der Waals surface area contributed by atoms with E-state index in [9.17, 15) is 9.59 Å². The van der Waals surface area contributed by atoms with Crippen molar-refractivity contribution in [2.24, 2.45) is 17.6 Å². The molecular weight excluding hydrogens is 264 g/mol. The molecule has 2 aliphatic heterocycles. The van der Waals surface area contributed by atoms with E-state index in [2.05, 4.69) is 0 Å². The molecule has 4 nitrogen and oxygen atoms in total. The van der Waals surface area contributed by atoms with Gasteiger partial charge in [-0.1, -0.05) is 12.1 Å². The Kier molecular flexibility index (Phi) is 3.95. The molecule has 112 valence electrons. The van der Waals surface area contributed by atoms with Crippen LogP contribution in [0.5, 0.6) is 0 Å². The SMILES string of the molecule is NC(=O)Cc1ccc(C(=O)N2CC3CCC(CC3)C2)cc1. The molecule has 1 aromatic carbocycles. The molecular formula is C17H22N2O2. The number of amides is 2. The first-order valence-electron chi connectivity index (χ1n) is 7.78. The smallest absolute Gasteiger partial charge is 0.253 e. The van der Waals surface area contributed by atoms with Gasteiger partial charge in [0.25, 0.3) is 5.91 Å². The molecule has 2 amide bonds. The van der Waals surface area contributed by atoms with E-state index >= 15 is 0 Å². The summed E-state index contributed by atoms with van der Waals surface area (Å²) >= 11 is 0. The lowest BCUT2D eigenvalue weighted by molar-refractivity contribution is -0.117. The summed E-state index contributed by atoms with van der Waals surface area (Å²) in [6.45, 7) is 1.80. The zero-order valence-electron chi connectivity index (χ0n) is 12.3. The van der Waals surface area contributed by atoms with Gasteiger partial charge >= 0.3 is 0 Å². The Balaban J connectivity index is 1.71. The summed E-state index contributed by atoms with van der Waals surface area (Å²) < 4.78 is 0. The predicted molar refractivity (Wildman–Crippen MR) is 80.7 cm³/mol. The number of hydrogen-bond donors (Lipinski definition) is 1. The van der Waals surface area contributed by atoms with Crippen LogP contribution in [0.4, 0.5) is 0 Å². The minimum absolute atomic E-state index is 0.124. The minimum Gasteiger partial charge on any atom is -0.369 e. The lowest BCUT2D eigenvalue weighted by Gasteiger charge is -2.22. The van der Waals surface area contributed by atoms with Gasteiger partial charge in [0.05, 0.1) is 6.42 Å². The molecule has 2 saturated heterocycles. The summed E-state index contributed by atoms with van der Waals surface area (Å²) in [6.07, 6.45) is 5.30. The second kappa shape index (κ2) is 5.88. The van der Waals surface area contributed by atoms with Crippen LogP contribution in [-0.2, 0) is 11.2 Å². The molecule has 0 atom stereocenters. The van der Waals surface area contributed by atoms with E-state index in [1.807, 2.05) is 29.2 Å². The fraction of sp³-hybridized carbons (Fsp3) is 0.529. The molecule has 2 heterocycles. The van der Waals surface area contributed by atoms with Crippen LogP contribution < -0.4 is 5.73 Å². The highest BCUT2D eigenvalue weighted by atomic mass is 16.2. The summed E-state index contributed by atoms with van der Waals surface area (Å²) in [7, 11) is 0. The second-order valence-corrected chi connectivity index (χ2v) is 6.44. The highest BCUT2D eigenvalue weighted by Gasteiger charge is 2.31. The maximum Gasteiger partial charge on any atom is 0.253 e. The van der Waals surface area contributed by atoms with Gasteiger partial charge in [-0.05, 0) is 55.2 Å². The molecule has 1 saturated carbocycles. The third-order valence-electron chi connectivity index (χ3n) is 4.79. The van der Waals surface area contributed by atoms with E-state index in [4.69, 9.17) is 5.73 Å². The summed E-state index contributed by atoms with van der Waals surface area (Å²) in [4.78, 5) is 25.6. The van der Waals surface area contributed by atoms with Gasteiger partial charge in [0.2, 0.25) is 5.91 Å². The molecule has 3 fully saturated rings. The number of nitrogens with zero attached hydrogens (tertiary/aromatic N) is 1. The van der Waals surface area contributed by atoms with Gasteiger partial charge in [-0.15, -0.1) is 0 Å². The summed E-state index contributed by atoms with van der Waals surface area (Å²) in [5.41, 5.74) is 6.75. The topological polar surface area (TPSA) is 63.4 Å². The van der Waals surface area contributed by atoms with Crippen LogP contribution in [0.25, 0.3) is 0 Å². The molecule has 0 aromatic heterocycles. The Morgan fingerprint density at radius 2 is 1.52 bits per heavy atom. The molecule has 4 heteroatoms. The van der Waals surface area contributed by atoms with Crippen molar-refractivity contribution in [1.82, 2.24) is 4.90 Å². The zero-order chi connectivity index (χ0) is 14.8. The molecule has 2 N–H and O–H groups in total. The Hall–Kier alpha value is -1.84. The third-order valence-corrected chi connectivity index (χ3v) is 4.79. The van der Waals surface area contributed by atoms with Gasteiger partial charge in [0.15, 0.2) is 0 Å². The van der Waals surface area contributed by atoms with Crippen LogP contribution in [0.15, 0.2) is 24.3 Å². The van der Waals surface area contributed by atoms with Crippen molar-refractivity contribution >= 4 is 11.8 Å². The molecule has 0 spiro atoms. The van der Waals surface area contributed by atoms with Crippen LogP contribution in [0.3, 0.4) is 0 Å². The highest BCUT2D eigenvalue weighted by Crippen LogP contribution is 2.34. The number of benzene rings is 1. The molecule has 4 rings (SSSR count). The van der Waals surface area contributed by atoms with E-state index in [1.165, 1.54) is 25.7 Å². The Morgan fingerprint density at radius 1 is 1.00 bits per heavy atom. The molecule has 1 aliphatic carbocycles. The summed E-state index contributed by atoms with van der Waals surface area (Å²) in [6, 6.07) is 7.27. The third kappa shape index (κ3) is 3.26. The van der Waals surface area contributed by atoms with Crippen molar-refractivity contribution < 1.29 is 9.59 Å². The number of carbonyl (C=O) groups is 2. The fourth-order valence-electron chi connectivity index (χ4n) is 3.61. The second-order valence-electron chi connectivity index (χ2n) is 6.44. The minimum atomic E-state index is -0.349. The number of primary amides is 1. The van der Waals surface area contributed by atoms with E-state index in [1.54, 1.807) is 0 Å². The van der Waals surface area contributed by atoms with E-state index in [0.29, 0.717) is 17.4 Å². The van der Waals surface area contributed by atoms with Gasteiger partial charge in [0.1, 0.15) is 0 Å². The zero-order valence-corrected chi connectivity index (χ0v) is 12.3.